The zero-order chi connectivity index (χ0) is 21.4. The van der Waals surface area contributed by atoms with Crippen LogP contribution in [0.4, 0.5) is 0 Å². The van der Waals surface area contributed by atoms with Crippen LogP contribution in [0, 0.1) is 5.92 Å². The van der Waals surface area contributed by atoms with Gasteiger partial charge in [-0.3, -0.25) is 25.2 Å². The average molecular weight is 418 g/mol. The van der Waals surface area contributed by atoms with Crippen LogP contribution in [0.5, 0.6) is 5.75 Å². The SMILES string of the molecule is CCOc1ccccc1C(=O)N[C@H](C(=O)NNC(=O)c1ccccc1Cl)C(C)C. The van der Waals surface area contributed by atoms with Crippen molar-refractivity contribution < 1.29 is 19.1 Å². The molecule has 154 valence electrons. The van der Waals surface area contributed by atoms with Gasteiger partial charge in [0.2, 0.25) is 0 Å². The molecule has 0 heterocycles. The Bertz CT molecular complexity index is 886. The fourth-order valence-electron chi connectivity index (χ4n) is 2.60. The Kier molecular flexibility index (Phi) is 8.03. The van der Waals surface area contributed by atoms with Crippen molar-refractivity contribution in [1.82, 2.24) is 16.2 Å². The van der Waals surface area contributed by atoms with Crippen molar-refractivity contribution >= 4 is 29.3 Å². The van der Waals surface area contributed by atoms with Gasteiger partial charge in [-0.15, -0.1) is 0 Å². The highest BCUT2D eigenvalue weighted by atomic mass is 35.5. The lowest BCUT2D eigenvalue weighted by atomic mass is 10.0. The number of hydrazine groups is 1. The summed E-state index contributed by atoms with van der Waals surface area (Å²) in [6.07, 6.45) is 0. The minimum absolute atomic E-state index is 0.226. The number of rotatable bonds is 7. The van der Waals surface area contributed by atoms with Gasteiger partial charge in [-0.05, 0) is 37.1 Å². The van der Waals surface area contributed by atoms with E-state index >= 15 is 0 Å². The van der Waals surface area contributed by atoms with Gasteiger partial charge in [-0.1, -0.05) is 49.7 Å². The second-order valence-electron chi connectivity index (χ2n) is 6.55. The largest absolute Gasteiger partial charge is 0.493 e. The number of ether oxygens (including phenoxy) is 1. The number of hydrogen-bond acceptors (Lipinski definition) is 4. The predicted octanol–water partition coefficient (Wildman–Crippen LogP) is 2.95. The van der Waals surface area contributed by atoms with Crippen LogP contribution in [0.1, 0.15) is 41.5 Å². The van der Waals surface area contributed by atoms with Gasteiger partial charge < -0.3 is 10.1 Å². The third-order valence-electron chi connectivity index (χ3n) is 4.08. The van der Waals surface area contributed by atoms with Crippen molar-refractivity contribution in [3.63, 3.8) is 0 Å². The molecule has 3 amide bonds. The Morgan fingerprint density at radius 3 is 2.17 bits per heavy atom. The quantitative estimate of drug-likeness (QED) is 0.603. The summed E-state index contributed by atoms with van der Waals surface area (Å²) in [5.41, 5.74) is 5.22. The number of halogens is 1. The van der Waals surface area contributed by atoms with Crippen molar-refractivity contribution in [2.24, 2.45) is 5.92 Å². The average Bonchev–Trinajstić information content (AvgIpc) is 2.70. The van der Waals surface area contributed by atoms with Crippen LogP contribution >= 0.6 is 11.6 Å². The molecule has 0 aromatic heterocycles. The molecule has 1 atom stereocenters. The topological polar surface area (TPSA) is 96.5 Å². The molecule has 0 aliphatic rings. The van der Waals surface area contributed by atoms with Gasteiger partial charge in [0, 0.05) is 0 Å². The first-order valence-electron chi connectivity index (χ1n) is 9.22. The van der Waals surface area contributed by atoms with Crippen LogP contribution in [0.2, 0.25) is 5.02 Å². The summed E-state index contributed by atoms with van der Waals surface area (Å²) >= 11 is 5.98. The molecule has 2 aromatic carbocycles. The molecule has 0 bridgehead atoms. The molecule has 0 spiro atoms. The molecule has 8 heteroatoms. The Morgan fingerprint density at radius 1 is 0.931 bits per heavy atom. The summed E-state index contributed by atoms with van der Waals surface area (Å²) in [6, 6.07) is 12.4. The molecule has 0 fully saturated rings. The van der Waals surface area contributed by atoms with Gasteiger partial charge in [0.25, 0.3) is 17.7 Å². The maximum Gasteiger partial charge on any atom is 0.271 e. The van der Waals surface area contributed by atoms with Crippen LogP contribution in [0.3, 0.4) is 0 Å². The van der Waals surface area contributed by atoms with Crippen molar-refractivity contribution in [3.05, 3.63) is 64.7 Å². The van der Waals surface area contributed by atoms with E-state index in [0.29, 0.717) is 17.9 Å². The first-order chi connectivity index (χ1) is 13.8. The molecular formula is C21H24ClN3O4. The number of nitrogens with one attached hydrogen (secondary N) is 3. The number of carbonyl (C=O) groups is 3. The monoisotopic (exact) mass is 417 g/mol. The van der Waals surface area contributed by atoms with Gasteiger partial charge in [0.15, 0.2) is 0 Å². The van der Waals surface area contributed by atoms with Crippen LogP contribution in [-0.2, 0) is 4.79 Å². The second kappa shape index (κ2) is 10.5. The summed E-state index contributed by atoms with van der Waals surface area (Å²) in [5, 5.41) is 2.96. The van der Waals surface area contributed by atoms with Crippen molar-refractivity contribution in [2.75, 3.05) is 6.61 Å². The first kappa shape index (κ1) is 22.2. The Balaban J connectivity index is 2.05. The van der Waals surface area contributed by atoms with E-state index in [0.717, 1.165) is 0 Å². The molecule has 7 nitrogen and oxygen atoms in total. The Hall–Kier alpha value is -3.06. The van der Waals surface area contributed by atoms with Crippen LogP contribution in [0.25, 0.3) is 0 Å². The Morgan fingerprint density at radius 2 is 1.55 bits per heavy atom. The molecule has 0 saturated carbocycles. The summed E-state index contributed by atoms with van der Waals surface area (Å²) in [7, 11) is 0. The number of para-hydroxylation sites is 1. The molecule has 0 unspecified atom stereocenters. The Labute approximate surface area is 174 Å². The van der Waals surface area contributed by atoms with Crippen LogP contribution in [-0.4, -0.2) is 30.4 Å². The fourth-order valence-corrected chi connectivity index (χ4v) is 2.82. The maximum absolute atomic E-state index is 12.7. The zero-order valence-corrected chi connectivity index (χ0v) is 17.2. The summed E-state index contributed by atoms with van der Waals surface area (Å²) < 4.78 is 5.47. The molecule has 3 N–H and O–H groups in total. The normalized spacial score (nSPS) is 11.5. The minimum Gasteiger partial charge on any atom is -0.493 e. The fraction of sp³-hybridized carbons (Fsp3) is 0.286. The van der Waals surface area contributed by atoms with Gasteiger partial charge >= 0.3 is 0 Å². The van der Waals surface area contributed by atoms with E-state index in [1.165, 1.54) is 6.07 Å². The van der Waals surface area contributed by atoms with Crippen LogP contribution in [0.15, 0.2) is 48.5 Å². The standard InChI is InChI=1S/C21H24ClN3O4/c1-4-29-17-12-8-6-10-15(17)19(26)23-18(13(2)3)21(28)25-24-20(27)14-9-5-7-11-16(14)22/h5-13,18H,4H2,1-3H3,(H,23,26)(H,24,27)(H,25,28)/t18-/m0/s1. The van der Waals surface area contributed by atoms with Crippen molar-refractivity contribution in [3.8, 4) is 5.75 Å². The molecule has 29 heavy (non-hydrogen) atoms. The van der Waals surface area contributed by atoms with E-state index in [4.69, 9.17) is 16.3 Å². The molecule has 0 aliphatic carbocycles. The lowest BCUT2D eigenvalue weighted by molar-refractivity contribution is -0.124. The number of benzene rings is 2. The number of carbonyl (C=O) groups excluding carboxylic acids is 3. The predicted molar refractivity (Wildman–Crippen MR) is 111 cm³/mol. The van der Waals surface area contributed by atoms with Gasteiger partial charge in [0.05, 0.1) is 22.8 Å². The molecule has 0 saturated heterocycles. The highest BCUT2D eigenvalue weighted by Crippen LogP contribution is 2.18. The van der Waals surface area contributed by atoms with E-state index < -0.39 is 23.8 Å². The van der Waals surface area contributed by atoms with E-state index in [-0.39, 0.29) is 16.5 Å². The first-order valence-corrected chi connectivity index (χ1v) is 9.60. The number of hydrogen-bond donors (Lipinski definition) is 3. The zero-order valence-electron chi connectivity index (χ0n) is 16.5. The molecule has 2 rings (SSSR count). The lowest BCUT2D eigenvalue weighted by Crippen LogP contribution is -2.54. The lowest BCUT2D eigenvalue weighted by Gasteiger charge is -2.22. The molecule has 2 aromatic rings. The smallest absolute Gasteiger partial charge is 0.271 e. The van der Waals surface area contributed by atoms with Gasteiger partial charge in [-0.25, -0.2) is 0 Å². The summed E-state index contributed by atoms with van der Waals surface area (Å²) in [6.45, 7) is 5.80. The third-order valence-corrected chi connectivity index (χ3v) is 4.41. The maximum atomic E-state index is 12.7. The minimum atomic E-state index is -0.872. The number of amides is 3. The highest BCUT2D eigenvalue weighted by molar-refractivity contribution is 6.33. The molecule has 0 radical (unpaired) electrons. The third kappa shape index (κ3) is 5.96. The second-order valence-corrected chi connectivity index (χ2v) is 6.95. The summed E-state index contributed by atoms with van der Waals surface area (Å²) in [5.74, 6) is -1.35. The molecular weight excluding hydrogens is 394 g/mol. The van der Waals surface area contributed by atoms with E-state index in [9.17, 15) is 14.4 Å². The van der Waals surface area contributed by atoms with Crippen LogP contribution < -0.4 is 20.9 Å². The highest BCUT2D eigenvalue weighted by Gasteiger charge is 2.26. The van der Waals surface area contributed by atoms with Gasteiger partial charge in [0.1, 0.15) is 11.8 Å². The van der Waals surface area contributed by atoms with Gasteiger partial charge in [-0.2, -0.15) is 0 Å². The van der Waals surface area contributed by atoms with Crippen molar-refractivity contribution in [2.45, 2.75) is 26.8 Å². The molecule has 0 aliphatic heterocycles. The van der Waals surface area contributed by atoms with E-state index in [2.05, 4.69) is 16.2 Å². The van der Waals surface area contributed by atoms with E-state index in [1.807, 2.05) is 6.92 Å². The van der Waals surface area contributed by atoms with Crippen molar-refractivity contribution in [1.29, 1.82) is 0 Å². The summed E-state index contributed by atoms with van der Waals surface area (Å²) in [4.78, 5) is 37.5. The van der Waals surface area contributed by atoms with E-state index in [1.54, 1.807) is 56.3 Å².